The maximum absolute atomic E-state index is 10.3. The lowest BCUT2D eigenvalue weighted by atomic mass is 9.83. The Morgan fingerprint density at radius 3 is 2.83 bits per heavy atom. The quantitative estimate of drug-likeness (QED) is 0.889. The van der Waals surface area contributed by atoms with Crippen LogP contribution in [0.5, 0.6) is 11.5 Å². The first-order valence-electron chi connectivity index (χ1n) is 6.69. The Morgan fingerprint density at radius 1 is 1.44 bits per heavy atom. The molecule has 2 rings (SSSR count). The van der Waals surface area contributed by atoms with Gasteiger partial charge in [0.2, 0.25) is 0 Å². The van der Waals surface area contributed by atoms with Gasteiger partial charge in [0.25, 0.3) is 0 Å². The highest BCUT2D eigenvalue weighted by atomic mass is 16.5. The first-order valence-corrected chi connectivity index (χ1v) is 6.69. The minimum Gasteiger partial charge on any atom is -0.497 e. The predicted octanol–water partition coefficient (Wildman–Crippen LogP) is 3.46. The third-order valence-electron chi connectivity index (χ3n) is 3.82. The van der Waals surface area contributed by atoms with Crippen molar-refractivity contribution in [3.05, 3.63) is 23.8 Å². The van der Waals surface area contributed by atoms with Gasteiger partial charge in [0.05, 0.1) is 13.2 Å². The molecular weight excluding hydrogens is 228 g/mol. The van der Waals surface area contributed by atoms with Gasteiger partial charge >= 0.3 is 0 Å². The Balaban J connectivity index is 2.35. The molecule has 1 aromatic rings. The lowest BCUT2D eigenvalue weighted by Crippen LogP contribution is -2.40. The van der Waals surface area contributed by atoms with Crippen molar-refractivity contribution >= 4 is 0 Å². The molecule has 3 heteroatoms. The van der Waals surface area contributed by atoms with E-state index in [1.165, 1.54) is 0 Å². The number of aliphatic hydroxyl groups excluding tert-OH is 1. The van der Waals surface area contributed by atoms with Crippen LogP contribution < -0.4 is 9.47 Å². The van der Waals surface area contributed by atoms with E-state index >= 15 is 0 Å². The van der Waals surface area contributed by atoms with Crippen molar-refractivity contribution in [2.45, 2.75) is 51.2 Å². The van der Waals surface area contributed by atoms with Gasteiger partial charge < -0.3 is 14.6 Å². The monoisotopic (exact) mass is 250 g/mol. The summed E-state index contributed by atoms with van der Waals surface area (Å²) in [6, 6.07) is 5.63. The summed E-state index contributed by atoms with van der Waals surface area (Å²) >= 11 is 0. The number of aliphatic hydroxyl groups is 1. The summed E-state index contributed by atoms with van der Waals surface area (Å²) in [6.07, 6.45) is 3.17. The lowest BCUT2D eigenvalue weighted by molar-refractivity contribution is -0.0233. The van der Waals surface area contributed by atoms with Gasteiger partial charge in [0, 0.05) is 18.1 Å². The molecule has 1 aromatic carbocycles. The minimum atomic E-state index is -0.439. The fraction of sp³-hybridized carbons (Fsp3) is 0.600. The highest BCUT2D eigenvalue weighted by Crippen LogP contribution is 2.44. The molecule has 18 heavy (non-hydrogen) atoms. The molecule has 0 saturated heterocycles. The van der Waals surface area contributed by atoms with E-state index in [1.807, 2.05) is 18.2 Å². The van der Waals surface area contributed by atoms with E-state index < -0.39 is 6.10 Å². The summed E-state index contributed by atoms with van der Waals surface area (Å²) in [5.41, 5.74) is 0.643. The van der Waals surface area contributed by atoms with Gasteiger partial charge in [-0.2, -0.15) is 0 Å². The Hall–Kier alpha value is -1.22. The SMILES string of the molecule is CCCC1(CC)CC(O)c2ccc(OC)cc2O1. The lowest BCUT2D eigenvalue weighted by Gasteiger charge is -2.40. The van der Waals surface area contributed by atoms with Crippen molar-refractivity contribution in [1.82, 2.24) is 0 Å². The normalized spacial score (nSPS) is 26.3. The third kappa shape index (κ3) is 2.32. The number of fused-ring (bicyclic) bond motifs is 1. The highest BCUT2D eigenvalue weighted by Gasteiger charge is 2.38. The molecular formula is C15H22O3. The van der Waals surface area contributed by atoms with Crippen molar-refractivity contribution in [2.24, 2.45) is 0 Å². The van der Waals surface area contributed by atoms with Crippen LogP contribution in [0.15, 0.2) is 18.2 Å². The second kappa shape index (κ2) is 5.19. The van der Waals surface area contributed by atoms with Crippen LogP contribution in [0.4, 0.5) is 0 Å². The first kappa shape index (κ1) is 13.2. The molecule has 0 aliphatic carbocycles. The summed E-state index contributed by atoms with van der Waals surface area (Å²) in [4.78, 5) is 0. The molecule has 0 saturated carbocycles. The van der Waals surface area contributed by atoms with Crippen LogP contribution in [0.1, 0.15) is 51.2 Å². The number of rotatable bonds is 4. The van der Waals surface area contributed by atoms with E-state index in [9.17, 15) is 5.11 Å². The molecule has 0 radical (unpaired) electrons. The first-order chi connectivity index (χ1) is 8.64. The van der Waals surface area contributed by atoms with E-state index in [0.29, 0.717) is 6.42 Å². The molecule has 1 aliphatic heterocycles. The average molecular weight is 250 g/mol. The van der Waals surface area contributed by atoms with E-state index in [4.69, 9.17) is 9.47 Å². The molecule has 0 aromatic heterocycles. The molecule has 0 bridgehead atoms. The van der Waals surface area contributed by atoms with Gasteiger partial charge in [-0.1, -0.05) is 20.3 Å². The largest absolute Gasteiger partial charge is 0.497 e. The number of hydrogen-bond donors (Lipinski definition) is 1. The van der Waals surface area contributed by atoms with Crippen LogP contribution in [0, 0.1) is 0 Å². The minimum absolute atomic E-state index is 0.229. The zero-order valence-electron chi connectivity index (χ0n) is 11.4. The van der Waals surface area contributed by atoms with Crippen LogP contribution in [0.2, 0.25) is 0 Å². The van der Waals surface area contributed by atoms with E-state index in [2.05, 4.69) is 13.8 Å². The molecule has 1 heterocycles. The van der Waals surface area contributed by atoms with Crippen LogP contribution in [0.3, 0.4) is 0 Å². The second-order valence-corrected chi connectivity index (χ2v) is 5.01. The predicted molar refractivity (Wildman–Crippen MR) is 71.1 cm³/mol. The van der Waals surface area contributed by atoms with Crippen LogP contribution in [-0.4, -0.2) is 17.8 Å². The van der Waals surface area contributed by atoms with Gasteiger partial charge in [-0.15, -0.1) is 0 Å². The zero-order valence-corrected chi connectivity index (χ0v) is 11.4. The molecule has 0 fully saturated rings. The van der Waals surface area contributed by atoms with E-state index in [1.54, 1.807) is 7.11 Å². The second-order valence-electron chi connectivity index (χ2n) is 5.01. The molecule has 2 atom stereocenters. The van der Waals surface area contributed by atoms with Gasteiger partial charge in [-0.3, -0.25) is 0 Å². The standard InChI is InChI=1S/C15H22O3/c1-4-8-15(5-2)10-13(16)12-7-6-11(17-3)9-14(12)18-15/h6-7,9,13,16H,4-5,8,10H2,1-3H3. The highest BCUT2D eigenvalue weighted by molar-refractivity contribution is 5.44. The van der Waals surface area contributed by atoms with Gasteiger partial charge in [-0.05, 0) is 25.0 Å². The summed E-state index contributed by atoms with van der Waals surface area (Å²) < 4.78 is 11.4. The van der Waals surface area contributed by atoms with Crippen molar-refractivity contribution in [3.63, 3.8) is 0 Å². The number of methoxy groups -OCH3 is 1. The number of hydrogen-bond acceptors (Lipinski definition) is 3. The summed E-state index contributed by atoms with van der Waals surface area (Å²) in [7, 11) is 1.64. The Morgan fingerprint density at radius 2 is 2.22 bits per heavy atom. The molecule has 0 amide bonds. The molecule has 1 N–H and O–H groups in total. The van der Waals surface area contributed by atoms with E-state index in [-0.39, 0.29) is 5.60 Å². The van der Waals surface area contributed by atoms with Crippen molar-refractivity contribution < 1.29 is 14.6 Å². The zero-order chi connectivity index (χ0) is 13.2. The van der Waals surface area contributed by atoms with Crippen molar-refractivity contribution in [1.29, 1.82) is 0 Å². The number of benzene rings is 1. The molecule has 100 valence electrons. The van der Waals surface area contributed by atoms with Crippen molar-refractivity contribution in [2.75, 3.05) is 7.11 Å². The Labute approximate surface area is 109 Å². The number of ether oxygens (including phenoxy) is 2. The molecule has 1 aliphatic rings. The summed E-state index contributed by atoms with van der Waals surface area (Å²) in [5, 5.41) is 10.3. The summed E-state index contributed by atoms with van der Waals surface area (Å²) in [6.45, 7) is 4.27. The van der Waals surface area contributed by atoms with Crippen LogP contribution in [0.25, 0.3) is 0 Å². The fourth-order valence-corrected chi connectivity index (χ4v) is 2.74. The Kier molecular flexibility index (Phi) is 3.81. The van der Waals surface area contributed by atoms with Gasteiger partial charge in [-0.25, -0.2) is 0 Å². The topological polar surface area (TPSA) is 38.7 Å². The smallest absolute Gasteiger partial charge is 0.129 e. The van der Waals surface area contributed by atoms with Crippen LogP contribution >= 0.6 is 0 Å². The Bertz CT molecular complexity index is 416. The maximum atomic E-state index is 10.3. The molecule has 2 unspecified atom stereocenters. The average Bonchev–Trinajstić information content (AvgIpc) is 2.38. The van der Waals surface area contributed by atoms with E-state index in [0.717, 1.165) is 36.3 Å². The fourth-order valence-electron chi connectivity index (χ4n) is 2.74. The molecule has 0 spiro atoms. The van der Waals surface area contributed by atoms with Gasteiger partial charge in [0.15, 0.2) is 0 Å². The summed E-state index contributed by atoms with van der Waals surface area (Å²) in [5.74, 6) is 1.53. The third-order valence-corrected chi connectivity index (χ3v) is 3.82. The molecule has 3 nitrogen and oxygen atoms in total. The van der Waals surface area contributed by atoms with Crippen molar-refractivity contribution in [3.8, 4) is 11.5 Å². The van der Waals surface area contributed by atoms with Crippen LogP contribution in [-0.2, 0) is 0 Å². The maximum Gasteiger partial charge on any atom is 0.129 e. The van der Waals surface area contributed by atoms with Gasteiger partial charge in [0.1, 0.15) is 17.1 Å².